The van der Waals surface area contributed by atoms with Crippen molar-refractivity contribution in [2.24, 2.45) is 17.8 Å². The molecule has 0 aliphatic carbocycles. The highest BCUT2D eigenvalue weighted by molar-refractivity contribution is 5.98. The van der Waals surface area contributed by atoms with Crippen LogP contribution in [0.3, 0.4) is 0 Å². The molecule has 47 heavy (non-hydrogen) atoms. The molecule has 0 aliphatic heterocycles. The van der Waals surface area contributed by atoms with Crippen LogP contribution in [0, 0.1) is 17.8 Å². The molecule has 268 valence electrons. The third-order valence-electron chi connectivity index (χ3n) is 7.37. The minimum absolute atomic E-state index is 0.0159. The molecular formula is C34H62N7O6+. The molecule has 0 aliphatic rings. The first-order valence-electron chi connectivity index (χ1n) is 17.0. The molecule has 5 amide bonds. The van der Waals surface area contributed by atoms with E-state index >= 15 is 0 Å². The minimum Gasteiger partial charge on any atom is -0.397 e. The second-order valence-electron chi connectivity index (χ2n) is 12.4. The Labute approximate surface area is 281 Å². The molecule has 1 heterocycles. The molecule has 13 heteroatoms. The normalized spacial score (nSPS) is 14.0. The van der Waals surface area contributed by atoms with Gasteiger partial charge in [-0.2, -0.15) is 0 Å². The highest BCUT2D eigenvalue weighted by Crippen LogP contribution is 2.11. The number of pyridine rings is 1. The molecular weight excluding hydrogens is 602 g/mol. The lowest BCUT2D eigenvalue weighted by Gasteiger charge is -2.28. The van der Waals surface area contributed by atoms with Crippen LogP contribution in [0.15, 0.2) is 24.5 Å². The maximum Gasteiger partial charge on any atom is 0.252 e. The molecule has 0 aromatic carbocycles. The lowest BCUT2D eigenvalue weighted by atomic mass is 9.97. The van der Waals surface area contributed by atoms with E-state index in [2.05, 4.69) is 36.9 Å². The predicted octanol–water partition coefficient (Wildman–Crippen LogP) is 1.33. The van der Waals surface area contributed by atoms with Gasteiger partial charge in [0.25, 0.3) is 5.91 Å². The van der Waals surface area contributed by atoms with E-state index in [0.717, 1.165) is 0 Å². The lowest BCUT2D eigenvalue weighted by Crippen LogP contribution is -2.57. The number of carbonyl (C=O) groups excluding carboxylic acids is 5. The van der Waals surface area contributed by atoms with Gasteiger partial charge in [0.1, 0.15) is 18.1 Å². The summed E-state index contributed by atoms with van der Waals surface area (Å²) in [5.41, 5.74) is 0.425. The summed E-state index contributed by atoms with van der Waals surface area (Å²) in [5, 5.41) is 25.0. The van der Waals surface area contributed by atoms with Crippen molar-refractivity contribution >= 4 is 29.5 Å². The van der Waals surface area contributed by atoms with E-state index in [9.17, 15) is 24.0 Å². The topological polar surface area (TPSA) is 192 Å². The van der Waals surface area contributed by atoms with Gasteiger partial charge in [0.15, 0.2) is 12.4 Å². The molecule has 3 unspecified atom stereocenters. The highest BCUT2D eigenvalue weighted by Gasteiger charge is 2.31. The maximum atomic E-state index is 13.5. The quantitative estimate of drug-likeness (QED) is 0.109. The van der Waals surface area contributed by atoms with Crippen LogP contribution >= 0.6 is 0 Å². The number of carbonyl (C=O) groups is 5. The highest BCUT2D eigenvalue weighted by atomic mass is 16.2. The van der Waals surface area contributed by atoms with Crippen molar-refractivity contribution in [3.8, 4) is 0 Å². The Morgan fingerprint density at radius 3 is 1.94 bits per heavy atom. The molecule has 0 radical (unpaired) electrons. The number of hydrogen-bond acceptors (Lipinski definition) is 7. The van der Waals surface area contributed by atoms with Crippen molar-refractivity contribution in [1.29, 1.82) is 0 Å². The summed E-state index contributed by atoms with van der Waals surface area (Å²) >= 11 is 0. The fourth-order valence-electron chi connectivity index (χ4n) is 4.75. The van der Waals surface area contributed by atoms with Crippen molar-refractivity contribution in [3.05, 3.63) is 30.1 Å². The average molecular weight is 665 g/mol. The Kier molecular flexibility index (Phi) is 22.7. The van der Waals surface area contributed by atoms with E-state index in [0.29, 0.717) is 44.3 Å². The van der Waals surface area contributed by atoms with Gasteiger partial charge in [0, 0.05) is 37.9 Å². The largest absolute Gasteiger partial charge is 0.397 e. The number of nitrogens with one attached hydrogen (secondary N) is 7. The zero-order valence-electron chi connectivity index (χ0n) is 30.0. The summed E-state index contributed by atoms with van der Waals surface area (Å²) < 4.78 is 0. The fourth-order valence-corrected chi connectivity index (χ4v) is 4.75. The number of likely N-dealkylation sites (N-methyl/N-ethyl adjacent to an activating group) is 1. The molecule has 0 saturated carbocycles. The van der Waals surface area contributed by atoms with Gasteiger partial charge in [0.2, 0.25) is 23.6 Å². The number of aliphatic hydroxyl groups excluding tert-OH is 1. The van der Waals surface area contributed by atoms with Gasteiger partial charge >= 0.3 is 0 Å². The van der Waals surface area contributed by atoms with Crippen LogP contribution in [0.4, 0.5) is 0 Å². The van der Waals surface area contributed by atoms with Gasteiger partial charge in [-0.3, -0.25) is 24.0 Å². The minimum atomic E-state index is -0.815. The number of aromatic amines is 1. The molecule has 1 aromatic heterocycles. The number of aromatic nitrogens is 1. The van der Waals surface area contributed by atoms with Crippen LogP contribution in [-0.2, 0) is 19.2 Å². The molecule has 0 saturated heterocycles. The van der Waals surface area contributed by atoms with E-state index in [1.165, 1.54) is 0 Å². The Balaban J connectivity index is 0.00000677. The summed E-state index contributed by atoms with van der Waals surface area (Å²) in [7, 11) is 0. The third-order valence-corrected chi connectivity index (χ3v) is 7.37. The first kappa shape index (κ1) is 43.4. The predicted molar refractivity (Wildman–Crippen MR) is 183 cm³/mol. The monoisotopic (exact) mass is 664 g/mol. The zero-order chi connectivity index (χ0) is 35.9. The summed E-state index contributed by atoms with van der Waals surface area (Å²) in [6, 6.07) is 0.729. The van der Waals surface area contributed by atoms with E-state index in [1.54, 1.807) is 31.5 Å². The van der Waals surface area contributed by atoms with Crippen LogP contribution in [0.25, 0.3) is 0 Å². The first-order chi connectivity index (χ1) is 22.2. The van der Waals surface area contributed by atoms with E-state index in [1.807, 2.05) is 55.4 Å². The molecule has 1 aromatic rings. The average Bonchev–Trinajstić information content (AvgIpc) is 3.02. The van der Waals surface area contributed by atoms with Crippen molar-refractivity contribution in [2.45, 2.75) is 112 Å². The van der Waals surface area contributed by atoms with Gasteiger partial charge in [-0.25, -0.2) is 4.98 Å². The second kappa shape index (κ2) is 24.6. The molecule has 8 N–H and O–H groups in total. The number of aliphatic hydroxyl groups is 1. The number of hydrogen-bond donors (Lipinski definition) is 7. The molecule has 1 rings (SSSR count). The summed E-state index contributed by atoms with van der Waals surface area (Å²) in [6.45, 7) is 18.1. The zero-order valence-corrected chi connectivity index (χ0v) is 30.0. The Morgan fingerprint density at radius 1 is 0.809 bits per heavy atom. The summed E-state index contributed by atoms with van der Waals surface area (Å²) in [5.74, 6) is -1.60. The van der Waals surface area contributed by atoms with Crippen LogP contribution in [0.1, 0.15) is 98.4 Å². The van der Waals surface area contributed by atoms with Gasteiger partial charge in [0.05, 0.1) is 12.1 Å². The van der Waals surface area contributed by atoms with Crippen LogP contribution in [0.5, 0.6) is 0 Å². The third kappa shape index (κ3) is 17.8. The van der Waals surface area contributed by atoms with Crippen molar-refractivity contribution in [2.75, 3.05) is 26.2 Å². The molecule has 0 fully saturated rings. The number of H-pyrrole nitrogens is 1. The second-order valence-corrected chi connectivity index (χ2v) is 12.4. The van der Waals surface area contributed by atoms with Gasteiger partial charge in [-0.1, -0.05) is 61.3 Å². The van der Waals surface area contributed by atoms with E-state index < -0.39 is 24.0 Å². The Hall–Kier alpha value is -3.58. The molecule has 5 atom stereocenters. The van der Waals surface area contributed by atoms with Gasteiger partial charge in [-0.05, 0) is 44.4 Å². The summed E-state index contributed by atoms with van der Waals surface area (Å²) in [4.78, 5) is 67.5. The number of rotatable bonds is 20. The van der Waals surface area contributed by atoms with Gasteiger partial charge < -0.3 is 37.0 Å². The fraction of sp³-hybridized carbons (Fsp3) is 0.706. The van der Waals surface area contributed by atoms with Crippen molar-refractivity contribution in [1.82, 2.24) is 31.9 Å². The van der Waals surface area contributed by atoms with Gasteiger partial charge in [-0.15, -0.1) is 0 Å². The van der Waals surface area contributed by atoms with E-state index in [4.69, 9.17) is 5.11 Å². The number of amides is 5. The van der Waals surface area contributed by atoms with Crippen molar-refractivity contribution < 1.29 is 34.1 Å². The maximum absolute atomic E-state index is 13.5. The Morgan fingerprint density at radius 2 is 1.43 bits per heavy atom. The van der Waals surface area contributed by atoms with Crippen LogP contribution < -0.4 is 36.9 Å². The lowest BCUT2D eigenvalue weighted by molar-refractivity contribution is -0.378. The smallest absolute Gasteiger partial charge is 0.252 e. The first-order valence-corrected chi connectivity index (χ1v) is 17.0. The van der Waals surface area contributed by atoms with Crippen molar-refractivity contribution in [3.63, 3.8) is 0 Å². The molecule has 0 spiro atoms. The SMILES string of the molecule is CCC[C@H](NC(=O)C(NC(=O)c1cc[nH+]cc1)[C@@H](C)CC)C(=O)NC(CNCC(=O)NC(C(=O)NCC)C(C)C)CC(C)C.CCO. The van der Waals surface area contributed by atoms with Crippen LogP contribution in [0.2, 0.25) is 0 Å². The van der Waals surface area contributed by atoms with E-state index in [-0.39, 0.29) is 60.6 Å². The summed E-state index contributed by atoms with van der Waals surface area (Å²) in [6.07, 6.45) is 5.67. The standard InChI is InChI=1S/C32H55N7O5.C2H6O/c1-9-12-25(37-32(44)28(22(8)10-2)39-29(41)23-13-15-33-16-14-23)30(42)36-24(17-20(4)5)18-34-19-26(40)38-27(21(6)7)31(43)35-11-3;1-2-3/h13-16,20-22,24-25,27-28,34H,9-12,17-19H2,1-8H3,(H,35,43)(H,36,42)(H,37,44)(H,38,40)(H,39,41);3H,2H2,1H3/p+1/t22-,24?,25-,27?,28?;/m0./s1. The van der Waals surface area contributed by atoms with Crippen LogP contribution in [-0.4, -0.2) is 85.1 Å². The molecule has 13 nitrogen and oxygen atoms in total. The molecule has 0 bridgehead atoms. The Bertz CT molecular complexity index is 1070.